The zero-order valence-electron chi connectivity index (χ0n) is 4.72. The number of furan rings is 1. The van der Waals surface area contributed by atoms with E-state index in [1.165, 1.54) is 12.3 Å². The van der Waals surface area contributed by atoms with E-state index < -0.39 is 0 Å². The molecule has 0 saturated heterocycles. The van der Waals surface area contributed by atoms with Gasteiger partial charge in [0.2, 0.25) is 0 Å². The average Bonchev–Trinajstić information content (AvgIpc) is 1.86. The zero-order valence-corrected chi connectivity index (χ0v) is 8.55. The Kier molecular flexibility index (Phi) is 27.7. The minimum absolute atomic E-state index is 0. The predicted octanol–water partition coefficient (Wildman–Crippen LogP) is -8.01. The van der Waals surface area contributed by atoms with Gasteiger partial charge < -0.3 is 46.7 Å². The Morgan fingerprint density at radius 3 is 1.80 bits per heavy atom. The Morgan fingerprint density at radius 1 is 1.20 bits per heavy atom. The Morgan fingerprint density at radius 2 is 1.70 bits per heavy atom. The first kappa shape index (κ1) is 22.4. The van der Waals surface area contributed by atoms with E-state index in [1.807, 2.05) is 0 Å². The van der Waals surface area contributed by atoms with Gasteiger partial charge in [0.25, 0.3) is 5.95 Å². The van der Waals surface area contributed by atoms with Crippen LogP contribution in [0.25, 0.3) is 0 Å². The van der Waals surface area contributed by atoms with E-state index in [-0.39, 0.29) is 64.9 Å². The summed E-state index contributed by atoms with van der Waals surface area (Å²) in [5.41, 5.74) is 0. The van der Waals surface area contributed by atoms with Crippen LogP contribution in [0.3, 0.4) is 0 Å². The van der Waals surface area contributed by atoms with E-state index in [4.69, 9.17) is 5.11 Å². The number of halogens is 3. The van der Waals surface area contributed by atoms with E-state index in [2.05, 4.69) is 4.42 Å². The zero-order chi connectivity index (χ0) is 4.41. The summed E-state index contributed by atoms with van der Waals surface area (Å²) in [5, 5.41) is 8.31. The van der Waals surface area contributed by atoms with Gasteiger partial charge >= 0.3 is 21.7 Å². The van der Waals surface area contributed by atoms with Crippen molar-refractivity contribution in [3.8, 4) is 5.95 Å². The maximum Gasteiger partial charge on any atom is 3.00 e. The molecule has 57 valence electrons. The maximum atomic E-state index is 8.31. The second-order valence-corrected chi connectivity index (χ2v) is 0.951. The molecule has 1 heterocycles. The van der Waals surface area contributed by atoms with Gasteiger partial charge in [-0.1, -0.05) is 0 Å². The molecule has 0 spiro atoms. The van der Waals surface area contributed by atoms with Gasteiger partial charge in [0.05, 0.1) is 6.26 Å². The van der Waals surface area contributed by atoms with Gasteiger partial charge in [-0.3, -0.25) is 0 Å². The molecular formula is C4H4Cl3O2Ti. The monoisotopic (exact) mass is 237 g/mol. The normalized spacial score (nSPS) is 5.20. The van der Waals surface area contributed by atoms with Gasteiger partial charge in [-0.25, -0.2) is 0 Å². The summed E-state index contributed by atoms with van der Waals surface area (Å²) in [6.07, 6.45) is 1.41. The molecule has 0 bridgehead atoms. The molecule has 0 fully saturated rings. The third kappa shape index (κ3) is 8.66. The van der Waals surface area contributed by atoms with Gasteiger partial charge in [0.1, 0.15) is 0 Å². The molecule has 0 aliphatic carbocycles. The Hall–Kier alpha value is 0.664. The summed E-state index contributed by atoms with van der Waals surface area (Å²) < 4.78 is 4.39. The molecule has 1 aromatic rings. The van der Waals surface area contributed by atoms with Gasteiger partial charge in [0.15, 0.2) is 0 Å². The van der Waals surface area contributed by atoms with Crippen LogP contribution in [0.2, 0.25) is 0 Å². The first-order valence-electron chi connectivity index (χ1n) is 1.62. The van der Waals surface area contributed by atoms with Crippen molar-refractivity contribution in [2.45, 2.75) is 0 Å². The van der Waals surface area contributed by atoms with Crippen molar-refractivity contribution >= 4 is 0 Å². The number of aromatic hydroxyl groups is 1. The van der Waals surface area contributed by atoms with E-state index in [0.29, 0.717) is 0 Å². The van der Waals surface area contributed by atoms with Crippen molar-refractivity contribution in [3.05, 3.63) is 18.4 Å². The van der Waals surface area contributed by atoms with E-state index in [9.17, 15) is 0 Å². The molecule has 1 aromatic heterocycles. The number of hydrogen-bond acceptors (Lipinski definition) is 2. The van der Waals surface area contributed by atoms with Crippen LogP contribution in [-0.2, 0) is 21.7 Å². The van der Waals surface area contributed by atoms with Crippen LogP contribution in [-0.4, -0.2) is 5.11 Å². The third-order valence-electron chi connectivity index (χ3n) is 0.506. The first-order valence-corrected chi connectivity index (χ1v) is 1.62. The summed E-state index contributed by atoms with van der Waals surface area (Å²) >= 11 is 0. The maximum absolute atomic E-state index is 8.31. The van der Waals surface area contributed by atoms with Crippen molar-refractivity contribution in [2.24, 2.45) is 0 Å². The molecule has 0 aliphatic heterocycles. The van der Waals surface area contributed by atoms with Gasteiger partial charge in [0, 0.05) is 6.07 Å². The first-order chi connectivity index (χ1) is 2.89. The smallest absolute Gasteiger partial charge is 1.00 e. The fourth-order valence-corrected chi connectivity index (χ4v) is 0.270. The van der Waals surface area contributed by atoms with E-state index in [1.54, 1.807) is 6.07 Å². The minimum atomic E-state index is -0.0324. The van der Waals surface area contributed by atoms with Crippen LogP contribution < -0.4 is 37.2 Å². The Bertz CT molecular complexity index is 122. The fraction of sp³-hybridized carbons (Fsp3) is 0. The van der Waals surface area contributed by atoms with Crippen LogP contribution in [0, 0.1) is 0 Å². The SMILES string of the molecule is Oc1ccco1.[Cl-].[Cl-].[Cl-].[Ti+3]. The van der Waals surface area contributed by atoms with Crippen molar-refractivity contribution in [1.82, 2.24) is 0 Å². The largest absolute Gasteiger partial charge is 3.00 e. The van der Waals surface area contributed by atoms with Crippen molar-refractivity contribution in [1.29, 1.82) is 0 Å². The van der Waals surface area contributed by atoms with Crippen LogP contribution in [0.5, 0.6) is 5.95 Å². The molecule has 6 heteroatoms. The van der Waals surface area contributed by atoms with Crippen molar-refractivity contribution in [3.63, 3.8) is 0 Å². The molecule has 10 heavy (non-hydrogen) atoms. The topological polar surface area (TPSA) is 33.4 Å². The second-order valence-electron chi connectivity index (χ2n) is 0.951. The summed E-state index contributed by atoms with van der Waals surface area (Å²) in [6.45, 7) is 0. The molecule has 0 aromatic carbocycles. The predicted molar refractivity (Wildman–Crippen MR) is 20.4 cm³/mol. The number of rotatable bonds is 0. The molecule has 0 unspecified atom stereocenters. The molecule has 0 atom stereocenters. The van der Waals surface area contributed by atoms with Gasteiger partial charge in [-0.15, -0.1) is 0 Å². The molecular weight excluding hydrogens is 234 g/mol. The van der Waals surface area contributed by atoms with Crippen molar-refractivity contribution in [2.75, 3.05) is 0 Å². The summed E-state index contributed by atoms with van der Waals surface area (Å²) in [7, 11) is 0. The summed E-state index contributed by atoms with van der Waals surface area (Å²) in [6, 6.07) is 3.09. The van der Waals surface area contributed by atoms with E-state index in [0.717, 1.165) is 0 Å². The second kappa shape index (κ2) is 12.4. The molecule has 0 saturated carbocycles. The van der Waals surface area contributed by atoms with Crippen LogP contribution >= 0.6 is 0 Å². The molecule has 0 amide bonds. The molecule has 1 rings (SSSR count). The van der Waals surface area contributed by atoms with Crippen molar-refractivity contribution < 1.29 is 68.5 Å². The molecule has 2 nitrogen and oxygen atoms in total. The van der Waals surface area contributed by atoms with E-state index >= 15 is 0 Å². The van der Waals surface area contributed by atoms with Crippen LogP contribution in [0.1, 0.15) is 0 Å². The Balaban J connectivity index is -0.0000000450. The average molecular weight is 238 g/mol. The van der Waals surface area contributed by atoms with Gasteiger partial charge in [-0.05, 0) is 6.07 Å². The Labute approximate surface area is 92.5 Å². The summed E-state index contributed by atoms with van der Waals surface area (Å²) in [5.74, 6) is -0.0324. The quantitative estimate of drug-likeness (QED) is 0.456. The molecule has 1 N–H and O–H groups in total. The van der Waals surface area contributed by atoms with Gasteiger partial charge in [-0.2, -0.15) is 0 Å². The molecule has 1 radical (unpaired) electrons. The third-order valence-corrected chi connectivity index (χ3v) is 0.506. The van der Waals surface area contributed by atoms with Crippen LogP contribution in [0.4, 0.5) is 0 Å². The molecule has 0 aliphatic rings. The summed E-state index contributed by atoms with van der Waals surface area (Å²) in [4.78, 5) is 0. The fourth-order valence-electron chi connectivity index (χ4n) is 0.270. The number of hydrogen-bond donors (Lipinski definition) is 1. The standard InChI is InChI=1S/C4H4O2.3ClH.Ti/c5-4-2-1-3-6-4;;;;/h1-3,5H;3*1H;/q;;;;+3/p-3. The van der Waals surface area contributed by atoms with Crippen LogP contribution in [0.15, 0.2) is 22.8 Å². The minimum Gasteiger partial charge on any atom is -1.00 e.